The third-order valence-corrected chi connectivity index (χ3v) is 6.48. The van der Waals surface area contributed by atoms with E-state index in [1.165, 1.54) is 7.11 Å². The van der Waals surface area contributed by atoms with Crippen LogP contribution in [0.25, 0.3) is 11.1 Å². The quantitative estimate of drug-likeness (QED) is 0.376. The molecule has 0 bridgehead atoms. The Morgan fingerprint density at radius 2 is 1.62 bits per heavy atom. The number of amides is 1. The molecule has 0 heterocycles. The van der Waals surface area contributed by atoms with E-state index < -0.39 is 28.6 Å². The van der Waals surface area contributed by atoms with Gasteiger partial charge in [-0.25, -0.2) is 4.79 Å². The minimum Gasteiger partial charge on any atom is -0.480 e. The molecule has 2 aromatic rings. The van der Waals surface area contributed by atoms with Crippen molar-refractivity contribution in [2.24, 2.45) is 5.41 Å². The maximum Gasteiger partial charge on any atom is 0.326 e. The lowest BCUT2D eigenvalue weighted by Crippen LogP contribution is -2.53. The second kappa shape index (κ2) is 10.8. The van der Waals surface area contributed by atoms with Crippen molar-refractivity contribution < 1.29 is 24.2 Å². The van der Waals surface area contributed by atoms with Crippen molar-refractivity contribution >= 4 is 30.3 Å². The predicted molar refractivity (Wildman–Crippen MR) is 126 cm³/mol. The highest BCUT2D eigenvalue weighted by Crippen LogP contribution is 2.41. The Labute approximate surface area is 193 Å². The van der Waals surface area contributed by atoms with Gasteiger partial charge in [0.15, 0.2) is 5.78 Å². The highest BCUT2D eigenvalue weighted by molar-refractivity contribution is 7.81. The molecule has 7 heteroatoms. The Morgan fingerprint density at radius 1 is 1.03 bits per heavy atom. The van der Waals surface area contributed by atoms with Gasteiger partial charge in [0.1, 0.15) is 11.5 Å². The number of carboxylic acids is 1. The normalized spacial score (nSPS) is 16.8. The molecule has 1 amide bonds. The summed E-state index contributed by atoms with van der Waals surface area (Å²) in [6.07, 6.45) is 2.41. The van der Waals surface area contributed by atoms with Crippen molar-refractivity contribution in [2.45, 2.75) is 43.4 Å². The lowest BCUT2D eigenvalue weighted by molar-refractivity contribution is -0.147. The molecule has 2 aromatic carbocycles. The van der Waals surface area contributed by atoms with Crippen molar-refractivity contribution in [3.05, 3.63) is 60.2 Å². The average molecular weight is 456 g/mol. The van der Waals surface area contributed by atoms with Gasteiger partial charge in [-0.3, -0.25) is 9.59 Å². The fourth-order valence-corrected chi connectivity index (χ4v) is 4.71. The van der Waals surface area contributed by atoms with Crippen LogP contribution in [0, 0.1) is 5.41 Å². The van der Waals surface area contributed by atoms with Crippen molar-refractivity contribution in [3.63, 3.8) is 0 Å². The molecule has 0 aromatic heterocycles. The standard InChI is InChI=1S/C25H29NO5S/c1-31-16-21(32)22(27)25(13-5-6-14-25)24(30)26-20(23(28)29)15-17-9-11-19(12-10-17)18-7-3-2-4-8-18/h2-4,7-12,20-21,32H,5-6,13-16H2,1H3,(H,26,30)(H,28,29)/t20-,21-/m0/s1. The molecular formula is C25H29NO5S. The lowest BCUT2D eigenvalue weighted by Gasteiger charge is -2.30. The average Bonchev–Trinajstić information content (AvgIpc) is 3.30. The number of carbonyl (C=O) groups excluding carboxylic acids is 2. The van der Waals surface area contributed by atoms with E-state index in [0.717, 1.165) is 29.5 Å². The van der Waals surface area contributed by atoms with E-state index in [-0.39, 0.29) is 18.8 Å². The lowest BCUT2D eigenvalue weighted by atomic mass is 9.78. The molecule has 0 aliphatic heterocycles. The van der Waals surface area contributed by atoms with E-state index in [1.807, 2.05) is 54.6 Å². The summed E-state index contributed by atoms with van der Waals surface area (Å²) >= 11 is 4.31. The topological polar surface area (TPSA) is 92.7 Å². The maximum atomic E-state index is 13.2. The van der Waals surface area contributed by atoms with E-state index in [4.69, 9.17) is 4.74 Å². The van der Waals surface area contributed by atoms with Crippen LogP contribution in [0.1, 0.15) is 31.2 Å². The first-order chi connectivity index (χ1) is 15.4. The van der Waals surface area contributed by atoms with Crippen LogP contribution < -0.4 is 5.32 Å². The summed E-state index contributed by atoms with van der Waals surface area (Å²) in [7, 11) is 1.47. The van der Waals surface area contributed by atoms with Gasteiger partial charge in [-0.15, -0.1) is 0 Å². The number of methoxy groups -OCH3 is 1. The summed E-state index contributed by atoms with van der Waals surface area (Å²) in [5.41, 5.74) is 1.64. The number of ketones is 1. The Kier molecular flexibility index (Phi) is 8.10. The largest absolute Gasteiger partial charge is 0.480 e. The number of carbonyl (C=O) groups is 3. The summed E-state index contributed by atoms with van der Waals surface area (Å²) in [6, 6.07) is 16.3. The van der Waals surface area contributed by atoms with Crippen molar-refractivity contribution in [1.82, 2.24) is 5.32 Å². The number of aliphatic carboxylic acids is 1. The van der Waals surface area contributed by atoms with Gasteiger partial charge < -0.3 is 15.2 Å². The number of carboxylic acid groups (broad SMARTS) is 1. The molecule has 6 nitrogen and oxygen atoms in total. The van der Waals surface area contributed by atoms with E-state index in [2.05, 4.69) is 17.9 Å². The molecule has 2 atom stereocenters. The second-order valence-corrected chi connectivity index (χ2v) is 8.88. The Hall–Kier alpha value is -2.64. The number of hydrogen-bond donors (Lipinski definition) is 3. The van der Waals surface area contributed by atoms with E-state index >= 15 is 0 Å². The van der Waals surface area contributed by atoms with Gasteiger partial charge in [0.05, 0.1) is 11.9 Å². The maximum absolute atomic E-state index is 13.2. The minimum atomic E-state index is -1.24. The Balaban J connectivity index is 1.73. The van der Waals surface area contributed by atoms with Gasteiger partial charge >= 0.3 is 5.97 Å². The summed E-state index contributed by atoms with van der Waals surface area (Å²) < 4.78 is 5.03. The summed E-state index contributed by atoms with van der Waals surface area (Å²) in [4.78, 5) is 38.1. The van der Waals surface area contributed by atoms with Crippen LogP contribution >= 0.6 is 12.6 Å². The summed E-state index contributed by atoms with van der Waals surface area (Å²) in [6.45, 7) is 0.104. The molecule has 1 aliphatic carbocycles. The van der Waals surface area contributed by atoms with Gasteiger partial charge in [-0.05, 0) is 29.5 Å². The zero-order chi connectivity index (χ0) is 23.1. The highest BCUT2D eigenvalue weighted by atomic mass is 32.1. The van der Waals surface area contributed by atoms with Crippen molar-refractivity contribution in [3.8, 4) is 11.1 Å². The summed E-state index contributed by atoms with van der Waals surface area (Å²) in [5, 5.41) is 11.7. The van der Waals surface area contributed by atoms with Crippen LogP contribution in [0.15, 0.2) is 54.6 Å². The Bertz CT molecular complexity index is 939. The zero-order valence-corrected chi connectivity index (χ0v) is 19.0. The van der Waals surface area contributed by atoms with Crippen LogP contribution in [-0.2, 0) is 25.5 Å². The van der Waals surface area contributed by atoms with Crippen LogP contribution in [0.2, 0.25) is 0 Å². The van der Waals surface area contributed by atoms with Crippen LogP contribution in [0.4, 0.5) is 0 Å². The number of benzene rings is 2. The molecule has 0 spiro atoms. The molecule has 1 aliphatic rings. The van der Waals surface area contributed by atoms with Crippen LogP contribution in [-0.4, -0.2) is 47.8 Å². The van der Waals surface area contributed by atoms with E-state index in [1.54, 1.807) is 0 Å². The van der Waals surface area contributed by atoms with Crippen molar-refractivity contribution in [1.29, 1.82) is 0 Å². The molecule has 170 valence electrons. The van der Waals surface area contributed by atoms with Gasteiger partial charge in [0, 0.05) is 13.5 Å². The smallest absolute Gasteiger partial charge is 0.326 e. The fraction of sp³-hybridized carbons (Fsp3) is 0.400. The summed E-state index contributed by atoms with van der Waals surface area (Å²) in [5.74, 6) is -1.96. The van der Waals surface area contributed by atoms with Crippen LogP contribution in [0.5, 0.6) is 0 Å². The first kappa shape index (κ1) is 24.0. The van der Waals surface area contributed by atoms with Gasteiger partial charge in [-0.2, -0.15) is 12.6 Å². The highest BCUT2D eigenvalue weighted by Gasteiger charge is 2.50. The Morgan fingerprint density at radius 3 is 2.19 bits per heavy atom. The number of nitrogens with one attached hydrogen (secondary N) is 1. The molecule has 32 heavy (non-hydrogen) atoms. The molecule has 0 unspecified atom stereocenters. The molecule has 1 fully saturated rings. The predicted octanol–water partition coefficient (Wildman–Crippen LogP) is 3.54. The number of thiol groups is 1. The molecule has 1 saturated carbocycles. The number of Topliss-reactive ketones (excluding diaryl/α,β-unsaturated/α-hetero) is 1. The SMILES string of the molecule is COC[C@H](S)C(=O)C1(C(=O)N[C@@H](Cc2ccc(-c3ccccc3)cc2)C(=O)O)CCCC1. The first-order valence-corrected chi connectivity index (χ1v) is 11.3. The monoisotopic (exact) mass is 455 g/mol. The molecule has 2 N–H and O–H groups in total. The number of ether oxygens (including phenoxy) is 1. The molecule has 0 radical (unpaired) electrons. The third-order valence-electron chi connectivity index (χ3n) is 6.09. The fourth-order valence-electron chi connectivity index (χ4n) is 4.31. The first-order valence-electron chi connectivity index (χ1n) is 10.8. The van der Waals surface area contributed by atoms with E-state index in [9.17, 15) is 19.5 Å². The minimum absolute atomic E-state index is 0.104. The van der Waals surface area contributed by atoms with Crippen LogP contribution in [0.3, 0.4) is 0 Å². The van der Waals surface area contributed by atoms with E-state index in [0.29, 0.717) is 12.8 Å². The van der Waals surface area contributed by atoms with Gasteiger partial charge in [-0.1, -0.05) is 67.4 Å². The molecule has 0 saturated heterocycles. The number of rotatable bonds is 10. The number of hydrogen-bond acceptors (Lipinski definition) is 5. The second-order valence-electron chi connectivity index (χ2n) is 8.26. The zero-order valence-electron chi connectivity index (χ0n) is 18.1. The van der Waals surface area contributed by atoms with Gasteiger partial charge in [0.25, 0.3) is 0 Å². The molecule has 3 rings (SSSR count). The third kappa shape index (κ3) is 5.40. The van der Waals surface area contributed by atoms with Crippen molar-refractivity contribution in [2.75, 3.05) is 13.7 Å². The molecular weight excluding hydrogens is 426 g/mol. The van der Waals surface area contributed by atoms with Gasteiger partial charge in [0.2, 0.25) is 5.91 Å².